The maximum Gasteiger partial charge on any atom is 0.262 e. The summed E-state index contributed by atoms with van der Waals surface area (Å²) in [6.45, 7) is 7.02. The number of carbonyl (C=O) groups is 1. The average molecular weight is 478 g/mol. The molecule has 0 fully saturated rings. The molecule has 1 amide bonds. The first-order chi connectivity index (χ1) is 16.5. The van der Waals surface area contributed by atoms with Crippen LogP contribution in [0.5, 0.6) is 11.5 Å². The number of nitrogens with zero attached hydrogens (tertiary/aromatic N) is 2. The predicted molar refractivity (Wildman–Crippen MR) is 136 cm³/mol. The van der Waals surface area contributed by atoms with E-state index in [1.165, 1.54) is 22.2 Å². The zero-order chi connectivity index (χ0) is 24.1. The van der Waals surface area contributed by atoms with Crippen LogP contribution in [0.4, 0.5) is 5.69 Å². The largest absolute Gasteiger partial charge is 0.494 e. The number of hydrogen-bond acceptors (Lipinski definition) is 6. The summed E-state index contributed by atoms with van der Waals surface area (Å²) in [5, 5.41) is 5.42. The molecule has 8 heteroatoms. The minimum absolute atomic E-state index is 0.113. The fraction of sp³-hybridized carbons (Fsp3) is 0.269. The third-order valence-electron chi connectivity index (χ3n) is 5.34. The Morgan fingerprint density at radius 2 is 1.85 bits per heavy atom. The molecule has 2 aromatic heterocycles. The summed E-state index contributed by atoms with van der Waals surface area (Å²) >= 11 is 1.44. The van der Waals surface area contributed by atoms with Crippen LogP contribution in [0.1, 0.15) is 25.8 Å². The predicted octanol–water partition coefficient (Wildman–Crippen LogP) is 5.26. The van der Waals surface area contributed by atoms with E-state index in [0.717, 1.165) is 16.7 Å². The van der Waals surface area contributed by atoms with Crippen molar-refractivity contribution in [2.75, 3.05) is 18.5 Å². The molecule has 1 N–H and O–H groups in total. The Morgan fingerprint density at radius 3 is 2.59 bits per heavy atom. The lowest BCUT2D eigenvalue weighted by Crippen LogP contribution is -2.23. The van der Waals surface area contributed by atoms with Crippen molar-refractivity contribution in [3.63, 3.8) is 0 Å². The summed E-state index contributed by atoms with van der Waals surface area (Å²) in [4.78, 5) is 31.1. The van der Waals surface area contributed by atoms with Crippen LogP contribution >= 0.6 is 11.3 Å². The highest BCUT2D eigenvalue weighted by atomic mass is 32.1. The highest BCUT2D eigenvalue weighted by Crippen LogP contribution is 2.31. The second-order valence-electron chi connectivity index (χ2n) is 7.76. The maximum atomic E-state index is 13.2. The van der Waals surface area contributed by atoms with Gasteiger partial charge in [0.25, 0.3) is 5.56 Å². The van der Waals surface area contributed by atoms with E-state index in [9.17, 15) is 9.59 Å². The minimum atomic E-state index is -0.231. The molecular weight excluding hydrogens is 450 g/mol. The second-order valence-corrected chi connectivity index (χ2v) is 8.62. The molecule has 0 aliphatic heterocycles. The first kappa shape index (κ1) is 23.5. The Morgan fingerprint density at radius 1 is 1.09 bits per heavy atom. The molecule has 176 valence electrons. The summed E-state index contributed by atoms with van der Waals surface area (Å²) in [5.41, 5.74) is 3.39. The summed E-state index contributed by atoms with van der Waals surface area (Å²) in [6.07, 6.45) is 1.62. The number of carbonyl (C=O) groups excluding carboxylic acids is 1. The van der Waals surface area contributed by atoms with Gasteiger partial charge in [-0.2, -0.15) is 0 Å². The zero-order valence-corrected chi connectivity index (χ0v) is 20.3. The average Bonchev–Trinajstić information content (AvgIpc) is 3.26. The van der Waals surface area contributed by atoms with Gasteiger partial charge in [0.1, 0.15) is 16.3 Å². The lowest BCUT2D eigenvalue weighted by Gasteiger charge is -2.14. The van der Waals surface area contributed by atoms with Crippen LogP contribution in [0.15, 0.2) is 59.0 Å². The quantitative estimate of drug-likeness (QED) is 0.356. The van der Waals surface area contributed by atoms with Crippen LogP contribution in [0.25, 0.3) is 21.3 Å². The standard InChI is InChI=1S/C26H27N3O4S/c1-4-32-19-10-11-22(33-5-2)21(14-19)28-23(30)12-13-29-16-27-25-24(26(29)31)20(15-34-25)18-8-6-17(3)7-9-18/h6-11,14-16H,4-5,12-13H2,1-3H3,(H,28,30). The zero-order valence-electron chi connectivity index (χ0n) is 19.5. The Balaban J connectivity index is 1.53. The van der Waals surface area contributed by atoms with Gasteiger partial charge in [0, 0.05) is 30.0 Å². The van der Waals surface area contributed by atoms with Crippen molar-refractivity contribution in [3.8, 4) is 22.6 Å². The number of thiophene rings is 1. The highest BCUT2D eigenvalue weighted by Gasteiger charge is 2.15. The van der Waals surface area contributed by atoms with E-state index in [1.807, 2.05) is 50.4 Å². The third-order valence-corrected chi connectivity index (χ3v) is 6.23. The summed E-state index contributed by atoms with van der Waals surface area (Å²) in [7, 11) is 0. The smallest absolute Gasteiger partial charge is 0.262 e. The van der Waals surface area contributed by atoms with Crippen LogP contribution in [0.2, 0.25) is 0 Å². The summed E-state index contributed by atoms with van der Waals surface area (Å²) in [6, 6.07) is 13.4. The summed E-state index contributed by atoms with van der Waals surface area (Å²) < 4.78 is 12.6. The first-order valence-electron chi connectivity index (χ1n) is 11.2. The minimum Gasteiger partial charge on any atom is -0.494 e. The van der Waals surface area contributed by atoms with Gasteiger partial charge in [0.2, 0.25) is 5.91 Å². The maximum absolute atomic E-state index is 13.2. The molecule has 2 aromatic carbocycles. The van der Waals surface area contributed by atoms with Crippen LogP contribution in [0, 0.1) is 6.92 Å². The van der Waals surface area contributed by atoms with Crippen molar-refractivity contribution < 1.29 is 14.3 Å². The Labute approximate surface area is 202 Å². The van der Waals surface area contributed by atoms with Gasteiger partial charge in [0.15, 0.2) is 0 Å². The van der Waals surface area contributed by atoms with Gasteiger partial charge in [0.05, 0.1) is 30.6 Å². The number of ether oxygens (including phenoxy) is 2. The molecule has 4 rings (SSSR count). The van der Waals surface area contributed by atoms with Crippen molar-refractivity contribution in [1.29, 1.82) is 0 Å². The number of aromatic nitrogens is 2. The van der Waals surface area contributed by atoms with Gasteiger partial charge < -0.3 is 14.8 Å². The van der Waals surface area contributed by atoms with Crippen molar-refractivity contribution in [2.24, 2.45) is 0 Å². The fourth-order valence-corrected chi connectivity index (χ4v) is 4.56. The molecule has 0 unspecified atom stereocenters. The highest BCUT2D eigenvalue weighted by molar-refractivity contribution is 7.17. The van der Waals surface area contributed by atoms with Crippen LogP contribution in [0.3, 0.4) is 0 Å². The van der Waals surface area contributed by atoms with Crippen molar-refractivity contribution >= 4 is 33.1 Å². The van der Waals surface area contributed by atoms with E-state index < -0.39 is 0 Å². The molecule has 7 nitrogen and oxygen atoms in total. The number of fused-ring (bicyclic) bond motifs is 1. The number of benzene rings is 2. The molecular formula is C26H27N3O4S. The number of anilines is 1. The van der Waals surface area contributed by atoms with E-state index in [-0.39, 0.29) is 24.4 Å². The molecule has 0 spiro atoms. The van der Waals surface area contributed by atoms with E-state index in [4.69, 9.17) is 9.47 Å². The van der Waals surface area contributed by atoms with E-state index in [1.54, 1.807) is 18.2 Å². The number of hydrogen-bond donors (Lipinski definition) is 1. The first-order valence-corrected chi connectivity index (χ1v) is 12.1. The monoisotopic (exact) mass is 477 g/mol. The third kappa shape index (κ3) is 5.12. The van der Waals surface area contributed by atoms with Gasteiger partial charge in [-0.15, -0.1) is 11.3 Å². The molecule has 0 radical (unpaired) electrons. The lowest BCUT2D eigenvalue weighted by atomic mass is 10.1. The van der Waals surface area contributed by atoms with Crippen molar-refractivity contribution in [1.82, 2.24) is 9.55 Å². The molecule has 0 saturated heterocycles. The molecule has 2 heterocycles. The number of nitrogens with one attached hydrogen (secondary N) is 1. The molecule has 34 heavy (non-hydrogen) atoms. The molecule has 0 aliphatic carbocycles. The molecule has 0 atom stereocenters. The van der Waals surface area contributed by atoms with Crippen molar-refractivity contribution in [2.45, 2.75) is 33.7 Å². The topological polar surface area (TPSA) is 82.4 Å². The SMILES string of the molecule is CCOc1ccc(OCC)c(NC(=O)CCn2cnc3scc(-c4ccc(C)cc4)c3c2=O)c1. The van der Waals surface area contributed by atoms with Crippen LogP contribution in [-0.4, -0.2) is 28.7 Å². The summed E-state index contributed by atoms with van der Waals surface area (Å²) in [5.74, 6) is 0.986. The lowest BCUT2D eigenvalue weighted by molar-refractivity contribution is -0.116. The van der Waals surface area contributed by atoms with Gasteiger partial charge in [-0.25, -0.2) is 4.98 Å². The second kappa shape index (κ2) is 10.5. The number of amides is 1. The normalized spacial score (nSPS) is 10.9. The number of rotatable bonds is 9. The van der Waals surface area contributed by atoms with Gasteiger partial charge in [-0.05, 0) is 38.5 Å². The Kier molecular flexibility index (Phi) is 7.27. The van der Waals surface area contributed by atoms with Crippen molar-refractivity contribution in [3.05, 3.63) is 70.1 Å². The number of aryl methyl sites for hydroxylation is 2. The van der Waals surface area contributed by atoms with Gasteiger partial charge in [-0.3, -0.25) is 14.2 Å². The van der Waals surface area contributed by atoms with E-state index >= 15 is 0 Å². The van der Waals surface area contributed by atoms with Gasteiger partial charge >= 0.3 is 0 Å². The molecule has 0 aliphatic rings. The molecule has 4 aromatic rings. The molecule has 0 bridgehead atoms. The van der Waals surface area contributed by atoms with E-state index in [2.05, 4.69) is 10.3 Å². The Hall–Kier alpha value is -3.65. The molecule has 0 saturated carbocycles. The van der Waals surface area contributed by atoms with Crippen LogP contribution < -0.4 is 20.3 Å². The Bertz CT molecular complexity index is 1360. The van der Waals surface area contributed by atoms with E-state index in [0.29, 0.717) is 40.6 Å². The van der Waals surface area contributed by atoms with Crippen LogP contribution in [-0.2, 0) is 11.3 Å². The fourth-order valence-electron chi connectivity index (χ4n) is 3.65. The van der Waals surface area contributed by atoms with Gasteiger partial charge in [-0.1, -0.05) is 29.8 Å².